The Hall–Kier alpha value is -3.01. The van der Waals surface area contributed by atoms with E-state index < -0.39 is 23.4 Å². The third-order valence-corrected chi connectivity index (χ3v) is 3.38. The Labute approximate surface area is 150 Å². The van der Waals surface area contributed by atoms with Gasteiger partial charge in [0.2, 0.25) is 0 Å². The van der Waals surface area contributed by atoms with Gasteiger partial charge in [-0.3, -0.25) is 19.9 Å². The number of nitro benzene ring substituents is 1. The van der Waals surface area contributed by atoms with E-state index in [9.17, 15) is 19.7 Å². The number of nitrogens with one attached hydrogen (secondary N) is 1. The number of carbonyl (C=O) groups excluding carboxylic acids is 2. The van der Waals surface area contributed by atoms with E-state index >= 15 is 0 Å². The zero-order chi connectivity index (χ0) is 18.4. The minimum absolute atomic E-state index is 0.116. The minimum Gasteiger partial charge on any atom is -0.494 e. The van der Waals surface area contributed by atoms with Gasteiger partial charge in [-0.1, -0.05) is 0 Å². The quantitative estimate of drug-likeness (QED) is 0.441. The first-order valence-corrected chi connectivity index (χ1v) is 7.60. The molecule has 0 saturated heterocycles. The van der Waals surface area contributed by atoms with Crippen LogP contribution in [0.15, 0.2) is 41.1 Å². The van der Waals surface area contributed by atoms with Gasteiger partial charge in [-0.2, -0.15) is 0 Å². The van der Waals surface area contributed by atoms with Crippen LogP contribution in [0.1, 0.15) is 10.4 Å². The van der Waals surface area contributed by atoms with E-state index in [-0.39, 0.29) is 22.7 Å². The van der Waals surface area contributed by atoms with E-state index in [2.05, 4.69) is 26.2 Å². The fourth-order valence-electron chi connectivity index (χ4n) is 1.82. The number of halogens is 1. The summed E-state index contributed by atoms with van der Waals surface area (Å²) in [6, 6.07) is 5.23. The van der Waals surface area contributed by atoms with Crippen LogP contribution in [0.4, 0.5) is 11.4 Å². The lowest BCUT2D eigenvalue weighted by Crippen LogP contribution is -2.21. The lowest BCUT2D eigenvalue weighted by Gasteiger charge is -2.10. The molecule has 0 radical (unpaired) electrons. The number of rotatable bonds is 6. The summed E-state index contributed by atoms with van der Waals surface area (Å²) in [6.45, 7) is -0.536. The molecule has 10 heteroatoms. The van der Waals surface area contributed by atoms with Crippen molar-refractivity contribution in [2.75, 3.05) is 19.0 Å². The molecule has 0 saturated carbocycles. The number of amides is 1. The molecule has 1 aromatic heterocycles. The number of nitrogens with zero attached hydrogens (tertiary/aromatic N) is 2. The van der Waals surface area contributed by atoms with Crippen LogP contribution in [0, 0.1) is 10.1 Å². The van der Waals surface area contributed by atoms with Gasteiger partial charge < -0.3 is 14.8 Å². The third-order valence-electron chi connectivity index (χ3n) is 2.94. The summed E-state index contributed by atoms with van der Waals surface area (Å²) in [5, 5.41) is 13.2. The maximum atomic E-state index is 11.9. The average molecular weight is 410 g/mol. The normalized spacial score (nSPS) is 10.0. The van der Waals surface area contributed by atoms with Crippen LogP contribution in [0.3, 0.4) is 0 Å². The molecule has 2 aromatic rings. The van der Waals surface area contributed by atoms with Crippen molar-refractivity contribution < 1.29 is 24.0 Å². The van der Waals surface area contributed by atoms with Gasteiger partial charge in [0.05, 0.1) is 29.4 Å². The molecule has 25 heavy (non-hydrogen) atoms. The second-order valence-electron chi connectivity index (χ2n) is 4.66. The third kappa shape index (κ3) is 4.98. The zero-order valence-electron chi connectivity index (χ0n) is 12.9. The van der Waals surface area contributed by atoms with Crippen molar-refractivity contribution in [3.05, 3.63) is 56.8 Å². The van der Waals surface area contributed by atoms with Crippen molar-refractivity contribution in [1.29, 1.82) is 0 Å². The van der Waals surface area contributed by atoms with Crippen molar-refractivity contribution in [3.63, 3.8) is 0 Å². The number of esters is 1. The Balaban J connectivity index is 1.98. The Morgan fingerprint density at radius 2 is 2.08 bits per heavy atom. The lowest BCUT2D eigenvalue weighted by molar-refractivity contribution is -0.384. The molecule has 0 atom stereocenters. The van der Waals surface area contributed by atoms with Crippen LogP contribution in [0.25, 0.3) is 0 Å². The van der Waals surface area contributed by atoms with E-state index in [4.69, 9.17) is 9.47 Å². The van der Waals surface area contributed by atoms with Gasteiger partial charge in [0, 0.05) is 22.9 Å². The highest BCUT2D eigenvalue weighted by Gasteiger charge is 2.15. The highest BCUT2D eigenvalue weighted by Crippen LogP contribution is 2.28. The summed E-state index contributed by atoms with van der Waals surface area (Å²) in [7, 11) is 1.31. The van der Waals surface area contributed by atoms with Gasteiger partial charge in [-0.25, -0.2) is 4.79 Å². The van der Waals surface area contributed by atoms with E-state index in [0.717, 1.165) is 0 Å². The number of aromatic nitrogens is 1. The first-order chi connectivity index (χ1) is 11.9. The number of nitro groups is 1. The highest BCUT2D eigenvalue weighted by molar-refractivity contribution is 9.10. The second-order valence-corrected chi connectivity index (χ2v) is 5.57. The maximum absolute atomic E-state index is 11.9. The van der Waals surface area contributed by atoms with E-state index in [1.807, 2.05) is 0 Å². The Kier molecular flexibility index (Phi) is 6.01. The van der Waals surface area contributed by atoms with Crippen molar-refractivity contribution in [2.45, 2.75) is 0 Å². The molecule has 0 aliphatic carbocycles. The van der Waals surface area contributed by atoms with E-state index in [0.29, 0.717) is 4.47 Å². The molecule has 1 heterocycles. The summed E-state index contributed by atoms with van der Waals surface area (Å²) >= 11 is 3.18. The zero-order valence-corrected chi connectivity index (χ0v) is 14.5. The highest BCUT2D eigenvalue weighted by atomic mass is 79.9. The molecule has 0 aliphatic rings. The standard InChI is InChI=1S/C15H12BrN3O6/c1-24-13-5-11(19(22)23)2-3-12(13)18-14(20)8-25-15(21)9-4-10(16)7-17-6-9/h2-7H,8H2,1H3,(H,18,20). The number of non-ortho nitro benzene ring substituents is 1. The summed E-state index contributed by atoms with van der Waals surface area (Å²) in [4.78, 5) is 37.7. The van der Waals surface area contributed by atoms with E-state index in [1.54, 1.807) is 0 Å². The molecule has 0 aliphatic heterocycles. The number of anilines is 1. The van der Waals surface area contributed by atoms with Gasteiger partial charge in [-0.15, -0.1) is 0 Å². The number of carbonyl (C=O) groups is 2. The van der Waals surface area contributed by atoms with Crippen LogP contribution in [0.2, 0.25) is 0 Å². The minimum atomic E-state index is -0.709. The van der Waals surface area contributed by atoms with Crippen LogP contribution >= 0.6 is 15.9 Å². The van der Waals surface area contributed by atoms with Crippen molar-refractivity contribution >= 4 is 39.2 Å². The molecule has 2 rings (SSSR count). The Morgan fingerprint density at radius 1 is 1.32 bits per heavy atom. The molecule has 9 nitrogen and oxygen atoms in total. The molecule has 1 amide bonds. The summed E-state index contributed by atoms with van der Waals surface area (Å²) in [5.41, 5.74) is 0.233. The maximum Gasteiger partial charge on any atom is 0.340 e. The summed E-state index contributed by atoms with van der Waals surface area (Å²) < 4.78 is 10.5. The first-order valence-electron chi connectivity index (χ1n) is 6.80. The predicted octanol–water partition coefficient (Wildman–Crippen LogP) is 2.56. The molecular weight excluding hydrogens is 398 g/mol. The predicted molar refractivity (Wildman–Crippen MR) is 90.5 cm³/mol. The molecule has 130 valence electrons. The molecular formula is C15H12BrN3O6. The molecule has 0 bridgehead atoms. The Morgan fingerprint density at radius 3 is 2.72 bits per heavy atom. The van der Waals surface area contributed by atoms with Crippen LogP contribution in [-0.2, 0) is 9.53 Å². The topological polar surface area (TPSA) is 121 Å². The van der Waals surface area contributed by atoms with Crippen LogP contribution in [-0.4, -0.2) is 35.5 Å². The van der Waals surface area contributed by atoms with E-state index in [1.165, 1.54) is 43.8 Å². The van der Waals surface area contributed by atoms with Crippen molar-refractivity contribution in [3.8, 4) is 5.75 Å². The van der Waals surface area contributed by atoms with Gasteiger partial charge in [0.15, 0.2) is 6.61 Å². The number of methoxy groups -OCH3 is 1. The molecule has 1 aromatic carbocycles. The fraction of sp³-hybridized carbons (Fsp3) is 0.133. The average Bonchev–Trinajstić information content (AvgIpc) is 2.59. The number of hydrogen-bond donors (Lipinski definition) is 1. The first kappa shape index (κ1) is 18.3. The molecule has 0 fully saturated rings. The largest absolute Gasteiger partial charge is 0.494 e. The van der Waals surface area contributed by atoms with Crippen molar-refractivity contribution in [1.82, 2.24) is 4.98 Å². The van der Waals surface area contributed by atoms with Crippen LogP contribution in [0.5, 0.6) is 5.75 Å². The second kappa shape index (κ2) is 8.20. The number of pyridine rings is 1. The smallest absolute Gasteiger partial charge is 0.340 e. The Bertz CT molecular complexity index is 827. The van der Waals surface area contributed by atoms with Gasteiger partial charge in [0.25, 0.3) is 11.6 Å². The molecule has 0 unspecified atom stereocenters. The SMILES string of the molecule is COc1cc([N+](=O)[O-])ccc1NC(=O)COC(=O)c1cncc(Br)c1. The fourth-order valence-corrected chi connectivity index (χ4v) is 2.19. The van der Waals surface area contributed by atoms with Crippen LogP contribution < -0.4 is 10.1 Å². The van der Waals surface area contributed by atoms with Gasteiger partial charge in [-0.05, 0) is 28.1 Å². The summed E-state index contributed by atoms with van der Waals surface area (Å²) in [5.74, 6) is -1.21. The summed E-state index contributed by atoms with van der Waals surface area (Å²) in [6.07, 6.45) is 2.81. The van der Waals surface area contributed by atoms with Gasteiger partial charge in [0.1, 0.15) is 5.75 Å². The van der Waals surface area contributed by atoms with Gasteiger partial charge >= 0.3 is 5.97 Å². The number of hydrogen-bond acceptors (Lipinski definition) is 7. The van der Waals surface area contributed by atoms with Crippen molar-refractivity contribution in [2.24, 2.45) is 0 Å². The molecule has 1 N–H and O–H groups in total. The lowest BCUT2D eigenvalue weighted by atomic mass is 10.2. The number of benzene rings is 1. The number of ether oxygens (including phenoxy) is 2. The molecule has 0 spiro atoms. The monoisotopic (exact) mass is 409 g/mol.